The first kappa shape index (κ1) is 14.3. The van der Waals surface area contributed by atoms with Crippen LogP contribution in [-0.2, 0) is 22.9 Å². The van der Waals surface area contributed by atoms with Crippen molar-refractivity contribution in [1.29, 1.82) is 0 Å². The van der Waals surface area contributed by atoms with Crippen LogP contribution in [0.2, 0.25) is 0 Å². The van der Waals surface area contributed by atoms with Gasteiger partial charge < -0.3 is 10.2 Å². The van der Waals surface area contributed by atoms with E-state index in [4.69, 9.17) is 10.2 Å². The summed E-state index contributed by atoms with van der Waals surface area (Å²) >= 11 is 1.26. The zero-order chi connectivity index (χ0) is 13.7. The lowest BCUT2D eigenvalue weighted by atomic mass is 10.3. The van der Waals surface area contributed by atoms with E-state index in [-0.39, 0.29) is 0 Å². The van der Waals surface area contributed by atoms with Gasteiger partial charge >= 0.3 is 0 Å². The Balaban J connectivity index is 1.93. The molecule has 0 unspecified atom stereocenters. The first-order chi connectivity index (χ1) is 9.12. The summed E-state index contributed by atoms with van der Waals surface area (Å²) in [5, 5.41) is 0. The molecule has 3 N–H and O–H groups in total. The van der Waals surface area contributed by atoms with Crippen molar-refractivity contribution >= 4 is 21.4 Å². The van der Waals surface area contributed by atoms with E-state index in [1.807, 2.05) is 6.07 Å². The van der Waals surface area contributed by atoms with E-state index in [9.17, 15) is 8.42 Å². The van der Waals surface area contributed by atoms with Gasteiger partial charge in [0.05, 0.1) is 6.26 Å². The van der Waals surface area contributed by atoms with Gasteiger partial charge in [-0.2, -0.15) is 0 Å². The highest BCUT2D eigenvalue weighted by Crippen LogP contribution is 2.21. The molecule has 0 atom stereocenters. The molecule has 0 aliphatic heterocycles. The molecule has 0 aliphatic rings. The Morgan fingerprint density at radius 1 is 1.26 bits per heavy atom. The molecule has 104 valence electrons. The fourth-order valence-electron chi connectivity index (χ4n) is 1.61. The second kappa shape index (κ2) is 6.33. The lowest BCUT2D eigenvalue weighted by Crippen LogP contribution is -2.25. The van der Waals surface area contributed by atoms with E-state index in [0.717, 1.165) is 10.6 Å². The fraction of sp³-hybridized carbons (Fsp3) is 0.333. The molecule has 0 aromatic carbocycles. The summed E-state index contributed by atoms with van der Waals surface area (Å²) in [6, 6.07) is 7.02. The van der Waals surface area contributed by atoms with Gasteiger partial charge in [-0.15, -0.1) is 11.3 Å². The number of furan rings is 1. The molecule has 0 saturated heterocycles. The summed E-state index contributed by atoms with van der Waals surface area (Å²) in [7, 11) is -3.42. The van der Waals surface area contributed by atoms with Crippen LogP contribution in [0.25, 0.3) is 0 Å². The fourth-order valence-corrected chi connectivity index (χ4v) is 4.06. The second-order valence-corrected chi connectivity index (χ2v) is 7.15. The minimum absolute atomic E-state index is 0.319. The molecular weight excluding hydrogens is 284 g/mol. The van der Waals surface area contributed by atoms with Gasteiger partial charge in [-0.25, -0.2) is 13.1 Å². The standard InChI is InChI=1S/C12H16N2O3S2/c13-7-5-11-3-4-12(18-11)19(15,16)14-8-6-10-2-1-9-17-10/h1-4,9,14H,5-8,13H2. The molecule has 0 bridgehead atoms. The highest BCUT2D eigenvalue weighted by Gasteiger charge is 2.16. The SMILES string of the molecule is NCCc1ccc(S(=O)(=O)NCCc2ccco2)s1. The average Bonchev–Trinajstić information content (AvgIpc) is 3.00. The molecule has 0 amide bonds. The maximum absolute atomic E-state index is 12.0. The van der Waals surface area contributed by atoms with Crippen molar-refractivity contribution in [3.8, 4) is 0 Å². The van der Waals surface area contributed by atoms with Crippen molar-refractivity contribution < 1.29 is 12.8 Å². The van der Waals surface area contributed by atoms with Gasteiger partial charge in [-0.05, 0) is 37.2 Å². The van der Waals surface area contributed by atoms with Crippen molar-refractivity contribution in [3.05, 3.63) is 41.2 Å². The molecule has 7 heteroatoms. The van der Waals surface area contributed by atoms with Gasteiger partial charge in [0.15, 0.2) is 0 Å². The van der Waals surface area contributed by atoms with E-state index in [1.165, 1.54) is 11.3 Å². The lowest BCUT2D eigenvalue weighted by Gasteiger charge is -2.03. The molecule has 19 heavy (non-hydrogen) atoms. The Kier molecular flexibility index (Phi) is 4.76. The molecule has 2 heterocycles. The van der Waals surface area contributed by atoms with Gasteiger partial charge in [-0.3, -0.25) is 0 Å². The van der Waals surface area contributed by atoms with E-state index < -0.39 is 10.0 Å². The van der Waals surface area contributed by atoms with E-state index >= 15 is 0 Å². The maximum atomic E-state index is 12.0. The number of thiophene rings is 1. The van der Waals surface area contributed by atoms with E-state index in [1.54, 1.807) is 24.5 Å². The zero-order valence-electron chi connectivity index (χ0n) is 10.3. The summed E-state index contributed by atoms with van der Waals surface area (Å²) in [5.74, 6) is 0.762. The Hall–Kier alpha value is -1.15. The number of hydrogen-bond acceptors (Lipinski definition) is 5. The van der Waals surface area contributed by atoms with Gasteiger partial charge in [0.2, 0.25) is 10.0 Å². The van der Waals surface area contributed by atoms with Crippen LogP contribution < -0.4 is 10.5 Å². The van der Waals surface area contributed by atoms with Crippen LogP contribution in [0.4, 0.5) is 0 Å². The second-order valence-electron chi connectivity index (χ2n) is 3.99. The third kappa shape index (κ3) is 3.90. The molecule has 2 aromatic rings. The molecule has 0 radical (unpaired) electrons. The highest BCUT2D eigenvalue weighted by atomic mass is 32.2. The number of rotatable bonds is 7. The summed E-state index contributed by atoms with van der Waals surface area (Å²) in [4.78, 5) is 0.980. The monoisotopic (exact) mass is 300 g/mol. The van der Waals surface area contributed by atoms with Crippen LogP contribution in [0.5, 0.6) is 0 Å². The summed E-state index contributed by atoms with van der Waals surface area (Å²) in [6.07, 6.45) is 2.81. The molecule has 2 rings (SSSR count). The van der Waals surface area contributed by atoms with Gasteiger partial charge in [0.1, 0.15) is 9.97 Å². The summed E-state index contributed by atoms with van der Waals surface area (Å²) in [6.45, 7) is 0.839. The number of hydrogen-bond donors (Lipinski definition) is 2. The Morgan fingerprint density at radius 2 is 2.11 bits per heavy atom. The van der Waals surface area contributed by atoms with Crippen molar-refractivity contribution in [2.45, 2.75) is 17.1 Å². The highest BCUT2D eigenvalue weighted by molar-refractivity contribution is 7.91. The predicted molar refractivity (Wildman–Crippen MR) is 74.7 cm³/mol. The molecule has 0 saturated carbocycles. The molecule has 2 aromatic heterocycles. The summed E-state index contributed by atoms with van der Waals surface area (Å²) in [5.41, 5.74) is 5.44. The molecular formula is C12H16N2O3S2. The first-order valence-electron chi connectivity index (χ1n) is 5.92. The van der Waals surface area contributed by atoms with Crippen LogP contribution in [0.15, 0.2) is 39.2 Å². The van der Waals surface area contributed by atoms with Crippen LogP contribution in [0.1, 0.15) is 10.6 Å². The zero-order valence-corrected chi connectivity index (χ0v) is 12.0. The molecule has 5 nitrogen and oxygen atoms in total. The van der Waals surface area contributed by atoms with Crippen LogP contribution >= 0.6 is 11.3 Å². The Labute approximate surface area is 116 Å². The third-order valence-corrected chi connectivity index (χ3v) is 5.63. The van der Waals surface area contributed by atoms with Crippen molar-refractivity contribution in [3.63, 3.8) is 0 Å². The minimum Gasteiger partial charge on any atom is -0.469 e. The predicted octanol–water partition coefficient (Wildman–Crippen LogP) is 1.36. The van der Waals surface area contributed by atoms with Crippen LogP contribution in [0, 0.1) is 0 Å². The van der Waals surface area contributed by atoms with Crippen molar-refractivity contribution in [1.82, 2.24) is 4.72 Å². The number of nitrogens with two attached hydrogens (primary N) is 1. The van der Waals surface area contributed by atoms with Crippen molar-refractivity contribution in [2.24, 2.45) is 5.73 Å². The first-order valence-corrected chi connectivity index (χ1v) is 8.22. The molecule has 0 spiro atoms. The van der Waals surface area contributed by atoms with Gasteiger partial charge in [0, 0.05) is 17.8 Å². The largest absolute Gasteiger partial charge is 0.469 e. The van der Waals surface area contributed by atoms with Gasteiger partial charge in [-0.1, -0.05) is 0 Å². The number of sulfonamides is 1. The van der Waals surface area contributed by atoms with E-state index in [2.05, 4.69) is 4.72 Å². The molecule has 0 fully saturated rings. The van der Waals surface area contributed by atoms with Gasteiger partial charge in [0.25, 0.3) is 0 Å². The Morgan fingerprint density at radius 3 is 2.79 bits per heavy atom. The summed E-state index contributed by atoms with van der Waals surface area (Å²) < 4.78 is 32.1. The average molecular weight is 300 g/mol. The normalized spacial score (nSPS) is 11.8. The molecule has 0 aliphatic carbocycles. The topological polar surface area (TPSA) is 85.3 Å². The minimum atomic E-state index is -3.42. The van der Waals surface area contributed by atoms with E-state index in [0.29, 0.717) is 30.1 Å². The van der Waals surface area contributed by atoms with Crippen LogP contribution in [-0.4, -0.2) is 21.5 Å². The Bertz CT molecular complexity index is 603. The third-order valence-electron chi connectivity index (χ3n) is 2.54. The quantitative estimate of drug-likeness (QED) is 0.808. The smallest absolute Gasteiger partial charge is 0.250 e. The lowest BCUT2D eigenvalue weighted by molar-refractivity contribution is 0.506. The number of nitrogens with one attached hydrogen (secondary N) is 1. The van der Waals surface area contributed by atoms with Crippen molar-refractivity contribution in [2.75, 3.05) is 13.1 Å². The maximum Gasteiger partial charge on any atom is 0.250 e. The van der Waals surface area contributed by atoms with Crippen LogP contribution in [0.3, 0.4) is 0 Å².